The van der Waals surface area contributed by atoms with Crippen LogP contribution in [0, 0.1) is 0 Å². The largest absolute Gasteiger partial charge is 0.339 e. The second-order valence-electron chi connectivity index (χ2n) is 8.32. The molecule has 158 valence electrons. The predicted octanol–water partition coefficient (Wildman–Crippen LogP) is 4.91. The number of carbonyl (C=O) groups excluding carboxylic acids is 2. The van der Waals surface area contributed by atoms with Crippen molar-refractivity contribution in [3.63, 3.8) is 0 Å². The summed E-state index contributed by atoms with van der Waals surface area (Å²) in [6.45, 7) is 0.714. The molecule has 2 fully saturated rings. The van der Waals surface area contributed by atoms with Gasteiger partial charge in [-0.2, -0.15) is 0 Å². The van der Waals surface area contributed by atoms with Gasteiger partial charge in [-0.1, -0.05) is 61.7 Å². The van der Waals surface area contributed by atoms with Gasteiger partial charge in [0.2, 0.25) is 5.91 Å². The van der Waals surface area contributed by atoms with Crippen molar-refractivity contribution in [2.45, 2.75) is 49.9 Å². The molecule has 0 aromatic heterocycles. The standard InChI is InChI=1S/C25H30N2O2S/c1-26(22-10-6-3-7-11-22)24(29)20-12-14-21(15-13-20)25-27(23(28)18-30-25)17-16-19-8-4-2-5-9-19/h2,4-5,8-9,12-15,22,25H,3,6-7,10-11,16-18H2,1H3/t25-/m0/s1. The summed E-state index contributed by atoms with van der Waals surface area (Å²) in [6.07, 6.45) is 6.78. The second kappa shape index (κ2) is 9.69. The van der Waals surface area contributed by atoms with Crippen molar-refractivity contribution < 1.29 is 9.59 Å². The molecular formula is C25H30N2O2S. The van der Waals surface area contributed by atoms with Crippen LogP contribution in [0.15, 0.2) is 54.6 Å². The van der Waals surface area contributed by atoms with Crippen LogP contribution in [0.2, 0.25) is 0 Å². The topological polar surface area (TPSA) is 40.6 Å². The van der Waals surface area contributed by atoms with Crippen LogP contribution in [-0.4, -0.2) is 47.0 Å². The van der Waals surface area contributed by atoms with Crippen molar-refractivity contribution >= 4 is 23.6 Å². The third-order valence-corrected chi connectivity index (χ3v) is 7.59. The van der Waals surface area contributed by atoms with E-state index in [1.54, 1.807) is 11.8 Å². The van der Waals surface area contributed by atoms with Gasteiger partial charge >= 0.3 is 0 Å². The van der Waals surface area contributed by atoms with Gasteiger partial charge in [0.05, 0.1) is 5.75 Å². The van der Waals surface area contributed by atoms with E-state index in [0.29, 0.717) is 18.3 Å². The third kappa shape index (κ3) is 4.72. The molecule has 2 aliphatic rings. The lowest BCUT2D eigenvalue weighted by atomic mass is 9.94. The van der Waals surface area contributed by atoms with Gasteiger partial charge in [-0.05, 0) is 42.5 Å². The number of benzene rings is 2. The van der Waals surface area contributed by atoms with E-state index in [1.807, 2.05) is 59.3 Å². The first kappa shape index (κ1) is 21.0. The number of rotatable bonds is 6. The second-order valence-corrected chi connectivity index (χ2v) is 9.38. The highest BCUT2D eigenvalue weighted by atomic mass is 32.2. The van der Waals surface area contributed by atoms with Crippen molar-refractivity contribution in [3.8, 4) is 0 Å². The molecule has 1 saturated carbocycles. The van der Waals surface area contributed by atoms with Gasteiger partial charge in [-0.15, -0.1) is 11.8 Å². The molecule has 0 radical (unpaired) electrons. The molecule has 1 aliphatic carbocycles. The van der Waals surface area contributed by atoms with Crippen LogP contribution in [0.1, 0.15) is 59.0 Å². The Kier molecular flexibility index (Phi) is 6.78. The Bertz CT molecular complexity index is 862. The van der Waals surface area contributed by atoms with Crippen LogP contribution in [-0.2, 0) is 11.2 Å². The van der Waals surface area contributed by atoms with Gasteiger partial charge in [0, 0.05) is 25.2 Å². The SMILES string of the molecule is CN(C(=O)c1ccc([C@@H]2SCC(=O)N2CCc2ccccc2)cc1)C1CCCCC1. The van der Waals surface area contributed by atoms with E-state index < -0.39 is 0 Å². The van der Waals surface area contributed by atoms with Crippen LogP contribution in [0.3, 0.4) is 0 Å². The van der Waals surface area contributed by atoms with Crippen molar-refractivity contribution in [1.29, 1.82) is 0 Å². The molecule has 30 heavy (non-hydrogen) atoms. The number of hydrogen-bond donors (Lipinski definition) is 0. The van der Waals surface area contributed by atoms with E-state index in [0.717, 1.165) is 30.4 Å². The molecule has 1 aliphatic heterocycles. The molecule has 1 heterocycles. The highest BCUT2D eigenvalue weighted by Gasteiger charge is 2.32. The summed E-state index contributed by atoms with van der Waals surface area (Å²) in [7, 11) is 1.93. The Hall–Kier alpha value is -2.27. The van der Waals surface area contributed by atoms with Crippen LogP contribution in [0.4, 0.5) is 0 Å². The van der Waals surface area contributed by atoms with Crippen LogP contribution >= 0.6 is 11.8 Å². The molecule has 5 heteroatoms. The van der Waals surface area contributed by atoms with E-state index in [-0.39, 0.29) is 17.2 Å². The fourth-order valence-electron chi connectivity index (χ4n) is 4.49. The molecule has 0 N–H and O–H groups in total. The fourth-order valence-corrected chi connectivity index (χ4v) is 5.71. The predicted molar refractivity (Wildman–Crippen MR) is 122 cm³/mol. The first-order valence-electron chi connectivity index (χ1n) is 11.0. The van der Waals surface area contributed by atoms with Crippen LogP contribution < -0.4 is 0 Å². The summed E-state index contributed by atoms with van der Waals surface area (Å²) < 4.78 is 0. The molecule has 4 rings (SSSR count). The van der Waals surface area contributed by atoms with Crippen LogP contribution in [0.25, 0.3) is 0 Å². The maximum atomic E-state index is 12.9. The Morgan fingerprint density at radius 1 is 1.03 bits per heavy atom. The van der Waals surface area contributed by atoms with Crippen molar-refractivity contribution in [1.82, 2.24) is 9.80 Å². The van der Waals surface area contributed by atoms with Gasteiger partial charge < -0.3 is 9.80 Å². The number of amides is 2. The van der Waals surface area contributed by atoms with E-state index in [1.165, 1.54) is 24.8 Å². The Labute approximate surface area is 183 Å². The number of thioether (sulfide) groups is 1. The summed E-state index contributed by atoms with van der Waals surface area (Å²) >= 11 is 1.67. The zero-order chi connectivity index (χ0) is 20.9. The average Bonchev–Trinajstić information content (AvgIpc) is 3.18. The molecule has 0 bridgehead atoms. The zero-order valence-corrected chi connectivity index (χ0v) is 18.4. The first-order chi connectivity index (χ1) is 14.6. The Balaban J connectivity index is 1.41. The van der Waals surface area contributed by atoms with Gasteiger partial charge in [0.15, 0.2) is 0 Å². The van der Waals surface area contributed by atoms with E-state index in [4.69, 9.17) is 0 Å². The molecule has 4 nitrogen and oxygen atoms in total. The highest BCUT2D eigenvalue weighted by Crippen LogP contribution is 2.38. The van der Waals surface area contributed by atoms with E-state index >= 15 is 0 Å². The lowest BCUT2D eigenvalue weighted by molar-refractivity contribution is -0.128. The normalized spacial score (nSPS) is 19.8. The first-order valence-corrected chi connectivity index (χ1v) is 12.0. The quantitative estimate of drug-likeness (QED) is 0.664. The zero-order valence-electron chi connectivity index (χ0n) is 17.6. The summed E-state index contributed by atoms with van der Waals surface area (Å²) in [4.78, 5) is 29.3. The summed E-state index contributed by atoms with van der Waals surface area (Å²) in [5.74, 6) is 0.813. The number of hydrogen-bond acceptors (Lipinski definition) is 3. The smallest absolute Gasteiger partial charge is 0.253 e. The lowest BCUT2D eigenvalue weighted by Crippen LogP contribution is -2.38. The summed E-state index contributed by atoms with van der Waals surface area (Å²) in [5, 5.41) is 0.0291. The average molecular weight is 423 g/mol. The maximum Gasteiger partial charge on any atom is 0.253 e. The van der Waals surface area contributed by atoms with Gasteiger partial charge in [-0.3, -0.25) is 9.59 Å². The molecular weight excluding hydrogens is 392 g/mol. The Morgan fingerprint density at radius 2 is 1.73 bits per heavy atom. The molecule has 2 aromatic rings. The molecule has 2 aromatic carbocycles. The maximum absolute atomic E-state index is 12.9. The van der Waals surface area contributed by atoms with Gasteiger partial charge in [0.25, 0.3) is 5.91 Å². The minimum Gasteiger partial charge on any atom is -0.339 e. The molecule has 0 spiro atoms. The van der Waals surface area contributed by atoms with Crippen LogP contribution in [0.5, 0.6) is 0 Å². The van der Waals surface area contributed by atoms with Crippen molar-refractivity contribution in [2.24, 2.45) is 0 Å². The highest BCUT2D eigenvalue weighted by molar-refractivity contribution is 8.00. The van der Waals surface area contributed by atoms with Crippen molar-refractivity contribution in [2.75, 3.05) is 19.3 Å². The van der Waals surface area contributed by atoms with Gasteiger partial charge in [0.1, 0.15) is 5.37 Å². The fraction of sp³-hybridized carbons (Fsp3) is 0.440. The molecule has 0 unspecified atom stereocenters. The third-order valence-electron chi connectivity index (χ3n) is 6.34. The number of nitrogens with zero attached hydrogens (tertiary/aromatic N) is 2. The summed E-state index contributed by atoms with van der Waals surface area (Å²) in [5.41, 5.74) is 3.07. The Morgan fingerprint density at radius 3 is 2.43 bits per heavy atom. The molecule has 1 atom stereocenters. The van der Waals surface area contributed by atoms with E-state index in [9.17, 15) is 9.59 Å². The number of carbonyl (C=O) groups is 2. The molecule has 2 amide bonds. The monoisotopic (exact) mass is 422 g/mol. The summed E-state index contributed by atoms with van der Waals surface area (Å²) in [6, 6.07) is 18.5. The molecule has 1 saturated heterocycles. The van der Waals surface area contributed by atoms with Gasteiger partial charge in [-0.25, -0.2) is 0 Å². The van der Waals surface area contributed by atoms with Crippen molar-refractivity contribution in [3.05, 3.63) is 71.3 Å². The minimum absolute atomic E-state index is 0.0291. The minimum atomic E-state index is 0.0291. The van der Waals surface area contributed by atoms with E-state index in [2.05, 4.69) is 12.1 Å². The lowest BCUT2D eigenvalue weighted by Gasteiger charge is -2.31.